The van der Waals surface area contributed by atoms with Crippen LogP contribution in [0.1, 0.15) is 40.2 Å². The molecule has 202 valence electrons. The first-order chi connectivity index (χ1) is 18.9. The fourth-order valence-electron chi connectivity index (χ4n) is 4.52. The first kappa shape index (κ1) is 26.4. The Bertz CT molecular complexity index is 1550. The Morgan fingerprint density at radius 2 is 1.77 bits per heavy atom. The van der Waals surface area contributed by atoms with Crippen molar-refractivity contribution in [1.82, 2.24) is 34.4 Å². The minimum Gasteiger partial charge on any atom is -0.378 e. The summed E-state index contributed by atoms with van der Waals surface area (Å²) in [7, 11) is -1.52. The number of sulfonamides is 1. The van der Waals surface area contributed by atoms with E-state index in [0.29, 0.717) is 48.1 Å². The van der Waals surface area contributed by atoms with Crippen LogP contribution in [0.2, 0.25) is 0 Å². The van der Waals surface area contributed by atoms with Crippen LogP contribution >= 0.6 is 0 Å². The van der Waals surface area contributed by atoms with Crippen LogP contribution in [0, 0.1) is 0 Å². The number of benzene rings is 2. The van der Waals surface area contributed by atoms with Gasteiger partial charge in [-0.2, -0.15) is 0 Å². The summed E-state index contributed by atoms with van der Waals surface area (Å²) < 4.78 is 29.1. The second-order valence-corrected chi connectivity index (χ2v) is 11.3. The van der Waals surface area contributed by atoms with Crippen LogP contribution in [0.15, 0.2) is 67.1 Å². The highest BCUT2D eigenvalue weighted by Gasteiger charge is 2.26. The molecule has 4 aromatic rings. The number of carbonyl (C=O) groups excluding carboxylic acids is 1. The maximum absolute atomic E-state index is 13.0. The van der Waals surface area contributed by atoms with Gasteiger partial charge in [0.25, 0.3) is 5.91 Å². The van der Waals surface area contributed by atoms with Gasteiger partial charge in [0.2, 0.25) is 10.0 Å². The van der Waals surface area contributed by atoms with Crippen molar-refractivity contribution in [2.75, 3.05) is 18.4 Å². The molecular weight excluding hydrogens is 516 g/mol. The molecule has 2 aromatic carbocycles. The number of hydrogen-bond acceptors (Lipinski definition) is 8. The third kappa shape index (κ3) is 6.29. The summed E-state index contributed by atoms with van der Waals surface area (Å²) in [4.78, 5) is 21.1. The molecule has 39 heavy (non-hydrogen) atoms. The molecule has 0 aliphatic carbocycles. The van der Waals surface area contributed by atoms with Gasteiger partial charge in [-0.3, -0.25) is 4.79 Å². The van der Waals surface area contributed by atoms with Gasteiger partial charge in [0.1, 0.15) is 12.0 Å². The molecule has 1 aliphatic heterocycles. The van der Waals surface area contributed by atoms with E-state index in [1.165, 1.54) is 6.33 Å². The molecule has 2 aromatic heterocycles. The van der Waals surface area contributed by atoms with Crippen LogP contribution in [0.4, 0.5) is 5.69 Å². The SMILES string of the molecule is Cn1c(CNc2cccc(C(=O)NCc3ccccc3CS(=O)(=O)N3CCCC3)c2)nnc1-c1ccncn1. The van der Waals surface area contributed by atoms with Crippen molar-refractivity contribution in [2.45, 2.75) is 31.7 Å². The number of nitrogens with zero attached hydrogens (tertiary/aromatic N) is 6. The standard InChI is InChI=1S/C27H30N8O3S/c1-34-25(32-33-26(34)24-11-12-28-19-31-24)17-29-23-10-6-9-20(15-23)27(36)30-16-21-7-2-3-8-22(21)18-39(37,38)35-13-4-5-14-35/h2-3,6-12,15,19,29H,4-5,13-14,16-18H2,1H3,(H,30,36). The predicted octanol–water partition coefficient (Wildman–Crippen LogP) is 2.74. The highest BCUT2D eigenvalue weighted by Crippen LogP contribution is 2.20. The van der Waals surface area contributed by atoms with E-state index in [4.69, 9.17) is 0 Å². The summed E-state index contributed by atoms with van der Waals surface area (Å²) in [5, 5.41) is 14.7. The summed E-state index contributed by atoms with van der Waals surface area (Å²) in [6.07, 6.45) is 4.91. The Kier molecular flexibility index (Phi) is 7.94. The fourth-order valence-corrected chi connectivity index (χ4v) is 6.19. The molecule has 1 saturated heterocycles. The van der Waals surface area contributed by atoms with E-state index in [2.05, 4.69) is 30.8 Å². The lowest BCUT2D eigenvalue weighted by atomic mass is 10.1. The molecule has 0 spiro atoms. The normalized spacial score (nSPS) is 13.9. The number of hydrogen-bond donors (Lipinski definition) is 2. The van der Waals surface area contributed by atoms with Gasteiger partial charge in [-0.1, -0.05) is 30.3 Å². The van der Waals surface area contributed by atoms with Crippen molar-refractivity contribution in [3.63, 3.8) is 0 Å². The molecular formula is C27H30N8O3S. The third-order valence-corrected chi connectivity index (χ3v) is 8.53. The molecule has 12 heteroatoms. The van der Waals surface area contributed by atoms with E-state index in [1.807, 2.05) is 41.9 Å². The van der Waals surface area contributed by atoms with Gasteiger partial charge in [0, 0.05) is 44.1 Å². The Hall–Kier alpha value is -4.16. The van der Waals surface area contributed by atoms with Gasteiger partial charge < -0.3 is 15.2 Å². The number of nitrogens with one attached hydrogen (secondary N) is 2. The maximum Gasteiger partial charge on any atom is 0.251 e. The van der Waals surface area contributed by atoms with Crippen molar-refractivity contribution < 1.29 is 13.2 Å². The molecule has 1 fully saturated rings. The highest BCUT2D eigenvalue weighted by atomic mass is 32.2. The van der Waals surface area contributed by atoms with Gasteiger partial charge in [-0.15, -0.1) is 10.2 Å². The monoisotopic (exact) mass is 546 g/mol. The number of rotatable bonds is 10. The number of carbonyl (C=O) groups is 1. The first-order valence-electron chi connectivity index (χ1n) is 12.7. The second kappa shape index (κ2) is 11.7. The van der Waals surface area contributed by atoms with Crippen LogP contribution < -0.4 is 10.6 Å². The van der Waals surface area contributed by atoms with Crippen LogP contribution in [0.3, 0.4) is 0 Å². The van der Waals surface area contributed by atoms with E-state index in [1.54, 1.807) is 34.8 Å². The van der Waals surface area contributed by atoms with Crippen LogP contribution in [-0.2, 0) is 35.9 Å². The molecule has 5 rings (SSSR count). The predicted molar refractivity (Wildman–Crippen MR) is 147 cm³/mol. The summed E-state index contributed by atoms with van der Waals surface area (Å²) in [6, 6.07) is 16.3. The van der Waals surface area contributed by atoms with E-state index in [-0.39, 0.29) is 18.2 Å². The largest absolute Gasteiger partial charge is 0.378 e. The number of aromatic nitrogens is 5. The summed E-state index contributed by atoms with van der Waals surface area (Å²) in [5.41, 5.74) is 3.41. The van der Waals surface area contributed by atoms with Gasteiger partial charge in [0.15, 0.2) is 11.6 Å². The quantitative estimate of drug-likeness (QED) is 0.310. The Labute approximate surface area is 227 Å². The second-order valence-electron chi connectivity index (χ2n) is 9.34. The summed E-state index contributed by atoms with van der Waals surface area (Å²) in [6.45, 7) is 1.78. The van der Waals surface area contributed by atoms with Crippen LogP contribution in [-0.4, -0.2) is 56.5 Å². The zero-order valence-electron chi connectivity index (χ0n) is 21.6. The topological polar surface area (TPSA) is 135 Å². The minimum atomic E-state index is -3.38. The van der Waals surface area contributed by atoms with E-state index in [9.17, 15) is 13.2 Å². The average molecular weight is 547 g/mol. The summed E-state index contributed by atoms with van der Waals surface area (Å²) >= 11 is 0. The Morgan fingerprint density at radius 3 is 2.54 bits per heavy atom. The first-order valence-corrected chi connectivity index (χ1v) is 14.3. The molecule has 0 radical (unpaired) electrons. The van der Waals surface area contributed by atoms with E-state index in [0.717, 1.165) is 24.1 Å². The Balaban J connectivity index is 1.21. The zero-order chi connectivity index (χ0) is 27.2. The van der Waals surface area contributed by atoms with Crippen molar-refractivity contribution in [3.05, 3.63) is 89.6 Å². The molecule has 2 N–H and O–H groups in total. The molecule has 0 bridgehead atoms. The molecule has 1 amide bonds. The lowest BCUT2D eigenvalue weighted by Crippen LogP contribution is -2.30. The third-order valence-electron chi connectivity index (χ3n) is 6.71. The van der Waals surface area contributed by atoms with E-state index < -0.39 is 10.0 Å². The maximum atomic E-state index is 13.0. The lowest BCUT2D eigenvalue weighted by Gasteiger charge is -2.17. The Morgan fingerprint density at radius 1 is 0.974 bits per heavy atom. The van der Waals surface area contributed by atoms with Crippen molar-refractivity contribution in [1.29, 1.82) is 0 Å². The van der Waals surface area contributed by atoms with Crippen LogP contribution in [0.5, 0.6) is 0 Å². The van der Waals surface area contributed by atoms with E-state index >= 15 is 0 Å². The van der Waals surface area contributed by atoms with Crippen LogP contribution in [0.25, 0.3) is 11.5 Å². The van der Waals surface area contributed by atoms with Gasteiger partial charge in [0.05, 0.1) is 12.3 Å². The number of anilines is 1. The molecule has 0 atom stereocenters. The zero-order valence-corrected chi connectivity index (χ0v) is 22.4. The lowest BCUT2D eigenvalue weighted by molar-refractivity contribution is 0.0951. The summed E-state index contributed by atoms with van der Waals surface area (Å²) in [5.74, 6) is 1.02. The molecule has 0 saturated carbocycles. The van der Waals surface area contributed by atoms with Gasteiger partial charge in [-0.05, 0) is 48.2 Å². The number of amides is 1. The average Bonchev–Trinajstić information content (AvgIpc) is 3.63. The van der Waals surface area contributed by atoms with Gasteiger partial charge >= 0.3 is 0 Å². The van der Waals surface area contributed by atoms with Gasteiger partial charge in [-0.25, -0.2) is 22.7 Å². The fraction of sp³-hybridized carbons (Fsp3) is 0.296. The molecule has 1 aliphatic rings. The van der Waals surface area contributed by atoms with Crippen molar-refractivity contribution in [3.8, 4) is 11.5 Å². The smallest absolute Gasteiger partial charge is 0.251 e. The molecule has 11 nitrogen and oxygen atoms in total. The minimum absolute atomic E-state index is 0.0700. The van der Waals surface area contributed by atoms with Crippen molar-refractivity contribution >= 4 is 21.6 Å². The molecule has 0 unspecified atom stereocenters. The molecule has 3 heterocycles. The highest BCUT2D eigenvalue weighted by molar-refractivity contribution is 7.88. The van der Waals surface area contributed by atoms with Crippen molar-refractivity contribution in [2.24, 2.45) is 7.05 Å².